The molecule has 2 heterocycles. The van der Waals surface area contributed by atoms with Gasteiger partial charge in [-0.15, -0.1) is 24.0 Å². The first-order valence-corrected chi connectivity index (χ1v) is 5.79. The van der Waals surface area contributed by atoms with Crippen LogP contribution in [0.15, 0.2) is 23.2 Å². The molecule has 0 amide bonds. The Kier molecular flexibility index (Phi) is 5.64. The Hall–Kier alpha value is -1.05. The summed E-state index contributed by atoms with van der Waals surface area (Å²) in [5.41, 5.74) is 1.03. The number of anilines is 1. The molecule has 0 radical (unpaired) electrons. The molecule has 18 heavy (non-hydrogen) atoms. The second-order valence-corrected chi connectivity index (χ2v) is 4.36. The zero-order valence-corrected chi connectivity index (χ0v) is 13.4. The molecule has 6 heteroatoms. The number of nitrogens with zero attached hydrogens (tertiary/aromatic N) is 4. The minimum atomic E-state index is 0. The number of hydrogen-bond donors (Lipinski definition) is 1. The van der Waals surface area contributed by atoms with E-state index in [1.807, 2.05) is 44.2 Å². The summed E-state index contributed by atoms with van der Waals surface area (Å²) in [5, 5.41) is 3.31. The Morgan fingerprint density at radius 1 is 1.39 bits per heavy atom. The van der Waals surface area contributed by atoms with E-state index in [1.165, 1.54) is 0 Å². The monoisotopic (exact) mass is 361 g/mol. The van der Waals surface area contributed by atoms with Gasteiger partial charge in [0.25, 0.3) is 0 Å². The molecular formula is C12H20IN5. The van der Waals surface area contributed by atoms with Gasteiger partial charge in [-0.25, -0.2) is 4.98 Å². The van der Waals surface area contributed by atoms with Gasteiger partial charge in [0.2, 0.25) is 0 Å². The summed E-state index contributed by atoms with van der Waals surface area (Å²) < 4.78 is 0. The van der Waals surface area contributed by atoms with Crippen molar-refractivity contribution in [1.82, 2.24) is 15.2 Å². The topological polar surface area (TPSA) is 43.8 Å². The van der Waals surface area contributed by atoms with Crippen molar-refractivity contribution in [2.24, 2.45) is 4.99 Å². The molecular weight excluding hydrogens is 341 g/mol. The smallest absolute Gasteiger partial charge is 0.194 e. The fourth-order valence-corrected chi connectivity index (χ4v) is 1.71. The van der Waals surface area contributed by atoms with Crippen molar-refractivity contribution in [3.8, 4) is 0 Å². The molecule has 0 aliphatic carbocycles. The third kappa shape index (κ3) is 3.72. The Morgan fingerprint density at radius 2 is 2.17 bits per heavy atom. The van der Waals surface area contributed by atoms with Gasteiger partial charge in [-0.1, -0.05) is 6.07 Å². The van der Waals surface area contributed by atoms with Crippen molar-refractivity contribution in [2.75, 3.05) is 39.1 Å². The maximum Gasteiger partial charge on any atom is 0.194 e. The number of rotatable bonds is 3. The minimum absolute atomic E-state index is 0. The van der Waals surface area contributed by atoms with Crippen LogP contribution in [0.4, 0.5) is 5.82 Å². The fourth-order valence-electron chi connectivity index (χ4n) is 1.71. The van der Waals surface area contributed by atoms with Crippen molar-refractivity contribution < 1.29 is 0 Å². The summed E-state index contributed by atoms with van der Waals surface area (Å²) >= 11 is 0. The average molecular weight is 361 g/mol. The van der Waals surface area contributed by atoms with Crippen LogP contribution < -0.4 is 10.2 Å². The molecule has 100 valence electrons. The van der Waals surface area contributed by atoms with Crippen LogP contribution in [0.2, 0.25) is 0 Å². The number of guanidine groups is 1. The molecule has 1 aromatic heterocycles. The zero-order chi connectivity index (χ0) is 12.3. The first kappa shape index (κ1) is 15.0. The lowest BCUT2D eigenvalue weighted by atomic mass is 10.3. The van der Waals surface area contributed by atoms with Gasteiger partial charge >= 0.3 is 0 Å². The van der Waals surface area contributed by atoms with Crippen molar-refractivity contribution >= 4 is 35.8 Å². The molecule has 0 spiro atoms. The van der Waals surface area contributed by atoms with Gasteiger partial charge in [-0.05, 0) is 12.1 Å². The number of pyridine rings is 1. The molecule has 0 bridgehead atoms. The highest BCUT2D eigenvalue weighted by molar-refractivity contribution is 14.0. The molecule has 0 atom stereocenters. The molecule has 0 aromatic carbocycles. The summed E-state index contributed by atoms with van der Waals surface area (Å²) in [6.45, 7) is 2.59. The van der Waals surface area contributed by atoms with E-state index in [2.05, 4.69) is 20.2 Å². The van der Waals surface area contributed by atoms with E-state index in [-0.39, 0.29) is 24.0 Å². The minimum Gasteiger partial charge on any atom is -0.363 e. The molecule has 2 rings (SSSR count). The summed E-state index contributed by atoms with van der Waals surface area (Å²) in [6, 6.07) is 6.05. The lowest BCUT2D eigenvalue weighted by Crippen LogP contribution is -2.35. The summed E-state index contributed by atoms with van der Waals surface area (Å²) in [4.78, 5) is 13.1. The van der Waals surface area contributed by atoms with E-state index < -0.39 is 0 Å². The van der Waals surface area contributed by atoms with Crippen LogP contribution in [0, 0.1) is 0 Å². The number of likely N-dealkylation sites (N-methyl/N-ethyl adjacent to an activating group) is 1. The lowest BCUT2D eigenvalue weighted by Gasteiger charge is -2.16. The number of halogens is 1. The Morgan fingerprint density at radius 3 is 2.78 bits per heavy atom. The summed E-state index contributed by atoms with van der Waals surface area (Å²) in [6.07, 6.45) is 0. The van der Waals surface area contributed by atoms with Gasteiger partial charge in [0.15, 0.2) is 5.96 Å². The fraction of sp³-hybridized carbons (Fsp3) is 0.500. The zero-order valence-electron chi connectivity index (χ0n) is 11.1. The van der Waals surface area contributed by atoms with E-state index in [0.717, 1.165) is 30.6 Å². The van der Waals surface area contributed by atoms with Gasteiger partial charge in [0.1, 0.15) is 5.82 Å². The van der Waals surface area contributed by atoms with Crippen LogP contribution in [-0.4, -0.2) is 50.1 Å². The standard InChI is InChI=1S/C12H19N5.HI/c1-16(2)11-6-4-5-10(15-11)9-14-12-13-7-8-17(12)3;/h4-6H,7-9H2,1-3H3,(H,13,14);1H. The molecule has 0 saturated carbocycles. The van der Waals surface area contributed by atoms with Crippen LogP contribution in [0.5, 0.6) is 0 Å². The maximum absolute atomic E-state index is 4.55. The number of hydrogen-bond acceptors (Lipinski definition) is 5. The van der Waals surface area contributed by atoms with Crippen LogP contribution in [0.25, 0.3) is 0 Å². The molecule has 5 nitrogen and oxygen atoms in total. The third-order valence-electron chi connectivity index (χ3n) is 2.74. The number of aliphatic imine (C=N–C) groups is 1. The molecule has 1 N–H and O–H groups in total. The lowest BCUT2D eigenvalue weighted by molar-refractivity contribution is 0.533. The molecule has 0 saturated heterocycles. The van der Waals surface area contributed by atoms with Crippen molar-refractivity contribution in [3.05, 3.63) is 23.9 Å². The van der Waals surface area contributed by atoms with Crippen molar-refractivity contribution in [1.29, 1.82) is 0 Å². The molecule has 0 unspecified atom stereocenters. The normalized spacial score (nSPS) is 13.9. The van der Waals surface area contributed by atoms with E-state index in [4.69, 9.17) is 0 Å². The first-order chi connectivity index (χ1) is 8.16. The number of nitrogens with one attached hydrogen (secondary N) is 1. The van der Waals surface area contributed by atoms with Crippen LogP contribution in [0.1, 0.15) is 5.69 Å². The van der Waals surface area contributed by atoms with Gasteiger partial charge < -0.3 is 15.1 Å². The van der Waals surface area contributed by atoms with Gasteiger partial charge in [-0.2, -0.15) is 0 Å². The van der Waals surface area contributed by atoms with Crippen molar-refractivity contribution in [2.45, 2.75) is 6.54 Å². The predicted molar refractivity (Wildman–Crippen MR) is 85.8 cm³/mol. The summed E-state index contributed by atoms with van der Waals surface area (Å²) in [7, 11) is 6.03. The highest BCUT2D eigenvalue weighted by atomic mass is 127. The molecule has 1 aromatic rings. The SMILES string of the molecule is CN1CCN=C1NCc1cccc(N(C)C)n1.I. The highest BCUT2D eigenvalue weighted by Crippen LogP contribution is 2.07. The highest BCUT2D eigenvalue weighted by Gasteiger charge is 2.11. The van der Waals surface area contributed by atoms with Gasteiger partial charge in [0.05, 0.1) is 18.8 Å². The first-order valence-electron chi connectivity index (χ1n) is 5.79. The van der Waals surface area contributed by atoms with E-state index in [0.29, 0.717) is 6.54 Å². The van der Waals surface area contributed by atoms with Gasteiger partial charge in [0, 0.05) is 27.7 Å². The van der Waals surface area contributed by atoms with E-state index in [1.54, 1.807) is 0 Å². The molecule has 1 aliphatic heterocycles. The quantitative estimate of drug-likeness (QED) is 0.821. The Balaban J connectivity index is 0.00000162. The summed E-state index contributed by atoms with van der Waals surface area (Å²) in [5.74, 6) is 1.94. The average Bonchev–Trinajstić information content (AvgIpc) is 2.72. The molecule has 0 fully saturated rings. The third-order valence-corrected chi connectivity index (χ3v) is 2.74. The second-order valence-electron chi connectivity index (χ2n) is 4.36. The van der Waals surface area contributed by atoms with E-state index >= 15 is 0 Å². The van der Waals surface area contributed by atoms with Crippen LogP contribution >= 0.6 is 24.0 Å². The number of aromatic nitrogens is 1. The van der Waals surface area contributed by atoms with Gasteiger partial charge in [-0.3, -0.25) is 4.99 Å². The van der Waals surface area contributed by atoms with Crippen LogP contribution in [0.3, 0.4) is 0 Å². The Bertz CT molecular complexity index is 419. The van der Waals surface area contributed by atoms with Crippen LogP contribution in [-0.2, 0) is 6.54 Å². The van der Waals surface area contributed by atoms with E-state index in [9.17, 15) is 0 Å². The molecule has 1 aliphatic rings. The second kappa shape index (κ2) is 6.77. The largest absolute Gasteiger partial charge is 0.363 e. The predicted octanol–water partition coefficient (Wildman–Crippen LogP) is 1.16. The van der Waals surface area contributed by atoms with Crippen molar-refractivity contribution in [3.63, 3.8) is 0 Å². The maximum atomic E-state index is 4.55. The Labute approximate surface area is 125 Å².